The van der Waals surface area contributed by atoms with Crippen LogP contribution in [0.15, 0.2) is 0 Å². The molecule has 2 aliphatic rings. The highest BCUT2D eigenvalue weighted by Gasteiger charge is 2.39. The molecule has 2 saturated carbocycles. The Bertz CT molecular complexity index is 458. The fourth-order valence-corrected chi connectivity index (χ4v) is 3.68. The van der Waals surface area contributed by atoms with Crippen LogP contribution in [0.25, 0.3) is 0 Å². The van der Waals surface area contributed by atoms with Crippen molar-refractivity contribution in [2.45, 2.75) is 58.0 Å². The summed E-state index contributed by atoms with van der Waals surface area (Å²) in [6, 6.07) is 0.412. The number of nitrogens with zero attached hydrogens (tertiary/aromatic N) is 4. The highest BCUT2D eigenvalue weighted by Crippen LogP contribution is 2.43. The molecule has 3 rings (SSSR count). The van der Waals surface area contributed by atoms with Crippen molar-refractivity contribution in [3.8, 4) is 0 Å². The molecular weight excluding hydrogens is 242 g/mol. The van der Waals surface area contributed by atoms with E-state index in [1.165, 1.54) is 25.7 Å². The predicted molar refractivity (Wildman–Crippen MR) is 69.2 cm³/mol. The fraction of sp³-hybridized carbons (Fsp3) is 0.846. The summed E-state index contributed by atoms with van der Waals surface area (Å²) in [5.74, 6) is 2.49. The van der Waals surface area contributed by atoms with E-state index in [1.807, 2.05) is 6.92 Å². The molecule has 6 nitrogen and oxygen atoms in total. The summed E-state index contributed by atoms with van der Waals surface area (Å²) in [5, 5.41) is 14.4. The van der Waals surface area contributed by atoms with Crippen LogP contribution in [0.5, 0.6) is 0 Å². The molecule has 1 amide bonds. The summed E-state index contributed by atoms with van der Waals surface area (Å²) in [7, 11) is 0. The zero-order chi connectivity index (χ0) is 13.2. The average molecular weight is 263 g/mol. The predicted octanol–water partition coefficient (Wildman–Crippen LogP) is 1.07. The van der Waals surface area contributed by atoms with Crippen molar-refractivity contribution in [3.05, 3.63) is 5.82 Å². The van der Waals surface area contributed by atoms with Crippen molar-refractivity contribution in [2.24, 2.45) is 11.8 Å². The largest absolute Gasteiger partial charge is 0.353 e. The maximum Gasteiger partial charge on any atom is 0.222 e. The number of amides is 1. The number of nitrogens with one attached hydrogen (secondary N) is 1. The lowest BCUT2D eigenvalue weighted by atomic mass is 9.97. The van der Waals surface area contributed by atoms with E-state index in [0.717, 1.165) is 24.1 Å². The second kappa shape index (κ2) is 5.27. The molecule has 0 bridgehead atoms. The fourth-order valence-electron chi connectivity index (χ4n) is 3.68. The third-order valence-electron chi connectivity index (χ3n) is 4.69. The first-order valence-corrected chi connectivity index (χ1v) is 7.26. The quantitative estimate of drug-likeness (QED) is 0.881. The molecule has 0 unspecified atom stereocenters. The van der Waals surface area contributed by atoms with Gasteiger partial charge < -0.3 is 5.32 Å². The monoisotopic (exact) mass is 263 g/mol. The van der Waals surface area contributed by atoms with Crippen LogP contribution >= 0.6 is 0 Å². The van der Waals surface area contributed by atoms with Gasteiger partial charge in [0.05, 0.1) is 6.54 Å². The van der Waals surface area contributed by atoms with Crippen molar-refractivity contribution < 1.29 is 4.79 Å². The van der Waals surface area contributed by atoms with E-state index in [0.29, 0.717) is 19.0 Å². The van der Waals surface area contributed by atoms with Gasteiger partial charge in [-0.25, -0.2) is 4.68 Å². The highest BCUT2D eigenvalue weighted by molar-refractivity contribution is 5.76. The number of carbonyl (C=O) groups excluding carboxylic acids is 1. The van der Waals surface area contributed by atoms with E-state index in [9.17, 15) is 4.79 Å². The van der Waals surface area contributed by atoms with Gasteiger partial charge >= 0.3 is 0 Å². The number of hydrogen-bond donors (Lipinski definition) is 1. The second-order valence-corrected chi connectivity index (χ2v) is 5.81. The Morgan fingerprint density at radius 3 is 3.05 bits per heavy atom. The lowest BCUT2D eigenvalue weighted by Crippen LogP contribution is -2.38. The van der Waals surface area contributed by atoms with Crippen LogP contribution in [0.2, 0.25) is 0 Å². The molecule has 3 atom stereocenters. The van der Waals surface area contributed by atoms with Gasteiger partial charge in [0.25, 0.3) is 0 Å². The number of fused-ring (bicyclic) bond motifs is 1. The summed E-state index contributed by atoms with van der Waals surface area (Å²) < 4.78 is 1.67. The van der Waals surface area contributed by atoms with Gasteiger partial charge in [-0.2, -0.15) is 0 Å². The van der Waals surface area contributed by atoms with E-state index in [2.05, 4.69) is 20.8 Å². The van der Waals surface area contributed by atoms with Gasteiger partial charge in [-0.05, 0) is 48.4 Å². The highest BCUT2D eigenvalue weighted by atomic mass is 16.1. The topological polar surface area (TPSA) is 72.7 Å². The first kappa shape index (κ1) is 12.6. The molecule has 1 aromatic heterocycles. The lowest BCUT2D eigenvalue weighted by Gasteiger charge is -2.20. The number of hydrogen-bond acceptors (Lipinski definition) is 4. The van der Waals surface area contributed by atoms with E-state index in [1.54, 1.807) is 4.68 Å². The molecule has 6 heteroatoms. The van der Waals surface area contributed by atoms with Crippen LogP contribution in [-0.4, -0.2) is 32.2 Å². The third kappa shape index (κ3) is 2.62. The van der Waals surface area contributed by atoms with Crippen molar-refractivity contribution in [2.75, 3.05) is 0 Å². The molecule has 0 spiro atoms. The molecule has 19 heavy (non-hydrogen) atoms. The van der Waals surface area contributed by atoms with Gasteiger partial charge in [0.1, 0.15) is 5.82 Å². The van der Waals surface area contributed by atoms with E-state index < -0.39 is 0 Å². The van der Waals surface area contributed by atoms with E-state index in [-0.39, 0.29) is 5.91 Å². The Labute approximate surface area is 112 Å². The molecule has 0 saturated heterocycles. The molecule has 0 radical (unpaired) electrons. The second-order valence-electron chi connectivity index (χ2n) is 5.81. The van der Waals surface area contributed by atoms with Crippen LogP contribution in [0, 0.1) is 18.8 Å². The minimum absolute atomic E-state index is 0.132. The van der Waals surface area contributed by atoms with Gasteiger partial charge in [-0.3, -0.25) is 4.79 Å². The van der Waals surface area contributed by atoms with Crippen LogP contribution < -0.4 is 5.32 Å². The van der Waals surface area contributed by atoms with Gasteiger partial charge in [-0.15, -0.1) is 5.10 Å². The normalized spacial score (nSPS) is 29.4. The minimum atomic E-state index is 0.132. The minimum Gasteiger partial charge on any atom is -0.353 e. The van der Waals surface area contributed by atoms with Crippen LogP contribution in [0.4, 0.5) is 0 Å². The SMILES string of the molecule is Cc1nnnn1CCC(=O)N[C@H]1CC[C@@H]2CCC[C@@H]21. The first-order chi connectivity index (χ1) is 9.24. The third-order valence-corrected chi connectivity index (χ3v) is 4.69. The number of carbonyl (C=O) groups is 1. The number of tetrazole rings is 1. The molecule has 2 aliphatic carbocycles. The molecule has 2 fully saturated rings. The van der Waals surface area contributed by atoms with Crippen LogP contribution in [0.3, 0.4) is 0 Å². The standard InChI is InChI=1S/C13H21N5O/c1-9-15-16-17-18(9)8-7-13(19)14-12-6-5-10-3-2-4-11(10)12/h10-12H,2-8H2,1H3,(H,14,19)/t10-,11-,12-/m0/s1. The molecule has 1 heterocycles. The van der Waals surface area contributed by atoms with Crippen LogP contribution in [-0.2, 0) is 11.3 Å². The maximum absolute atomic E-state index is 12.0. The Morgan fingerprint density at radius 1 is 1.37 bits per heavy atom. The molecule has 1 aromatic rings. The van der Waals surface area contributed by atoms with Crippen molar-refractivity contribution in [3.63, 3.8) is 0 Å². The average Bonchev–Trinajstić information content (AvgIpc) is 3.06. The summed E-state index contributed by atoms with van der Waals surface area (Å²) in [6.07, 6.45) is 6.90. The summed E-state index contributed by atoms with van der Waals surface area (Å²) in [6.45, 7) is 2.41. The summed E-state index contributed by atoms with van der Waals surface area (Å²) in [4.78, 5) is 12.0. The van der Waals surface area contributed by atoms with Gasteiger partial charge in [0.2, 0.25) is 5.91 Å². The molecule has 1 N–H and O–H groups in total. The van der Waals surface area contributed by atoms with Gasteiger partial charge in [-0.1, -0.05) is 12.8 Å². The molecule has 0 aliphatic heterocycles. The summed E-state index contributed by atoms with van der Waals surface area (Å²) in [5.41, 5.74) is 0. The number of rotatable bonds is 4. The van der Waals surface area contributed by atoms with Crippen molar-refractivity contribution >= 4 is 5.91 Å². The van der Waals surface area contributed by atoms with Crippen molar-refractivity contribution in [1.82, 2.24) is 25.5 Å². The van der Waals surface area contributed by atoms with E-state index >= 15 is 0 Å². The zero-order valence-electron chi connectivity index (χ0n) is 11.4. The Kier molecular flexibility index (Phi) is 3.48. The Hall–Kier alpha value is -1.46. The Morgan fingerprint density at radius 2 is 2.26 bits per heavy atom. The molecule has 0 aromatic carbocycles. The molecular formula is C13H21N5O. The maximum atomic E-state index is 12.0. The van der Waals surface area contributed by atoms with Gasteiger partial charge in [0, 0.05) is 12.5 Å². The Balaban J connectivity index is 1.48. The van der Waals surface area contributed by atoms with E-state index in [4.69, 9.17) is 0 Å². The number of aromatic nitrogens is 4. The van der Waals surface area contributed by atoms with Gasteiger partial charge in [0.15, 0.2) is 0 Å². The first-order valence-electron chi connectivity index (χ1n) is 7.26. The lowest BCUT2D eigenvalue weighted by molar-refractivity contribution is -0.122. The smallest absolute Gasteiger partial charge is 0.222 e. The van der Waals surface area contributed by atoms with Crippen LogP contribution in [0.1, 0.15) is 44.3 Å². The number of aryl methyl sites for hydroxylation is 2. The zero-order valence-corrected chi connectivity index (χ0v) is 11.4. The van der Waals surface area contributed by atoms with Crippen molar-refractivity contribution in [1.29, 1.82) is 0 Å². The molecule has 104 valence electrons. The summed E-state index contributed by atoms with van der Waals surface area (Å²) >= 11 is 0.